The first-order valence-corrected chi connectivity index (χ1v) is 10.1. The van der Waals surface area contributed by atoms with E-state index in [1.54, 1.807) is 13.1 Å². The Bertz CT molecular complexity index is 1280. The van der Waals surface area contributed by atoms with Gasteiger partial charge in [0.2, 0.25) is 5.91 Å². The predicted octanol–water partition coefficient (Wildman–Crippen LogP) is 6.11. The summed E-state index contributed by atoms with van der Waals surface area (Å²) in [5.41, 5.74) is 5.62. The van der Waals surface area contributed by atoms with E-state index in [0.29, 0.717) is 6.61 Å². The minimum Gasteiger partial charge on any atom is -0.493 e. The van der Waals surface area contributed by atoms with Gasteiger partial charge in [0, 0.05) is 35.2 Å². The first kappa shape index (κ1) is 19.8. The molecule has 0 aliphatic rings. The Kier molecular flexibility index (Phi) is 5.32. The van der Waals surface area contributed by atoms with E-state index in [2.05, 4.69) is 41.7 Å². The Balaban J connectivity index is 2.01. The van der Waals surface area contributed by atoms with Gasteiger partial charge in [0.25, 0.3) is 0 Å². The van der Waals surface area contributed by atoms with Gasteiger partial charge in [-0.15, -0.1) is 0 Å². The molecule has 1 amide bonds. The Morgan fingerprint density at radius 2 is 1.87 bits per heavy atom. The molecular weight excluding hydrogens is 374 g/mol. The molecule has 30 heavy (non-hydrogen) atoms. The number of benzene rings is 3. The fourth-order valence-electron chi connectivity index (χ4n) is 3.95. The van der Waals surface area contributed by atoms with Crippen molar-refractivity contribution < 1.29 is 13.9 Å². The number of aryl methyl sites for hydroxylation is 1. The molecule has 0 atom stereocenters. The fraction of sp³-hybridized carbons (Fsp3) is 0.192. The van der Waals surface area contributed by atoms with Crippen molar-refractivity contribution in [2.75, 3.05) is 13.7 Å². The molecule has 0 aliphatic carbocycles. The molecule has 4 rings (SSSR count). The zero-order chi connectivity index (χ0) is 21.3. The van der Waals surface area contributed by atoms with Gasteiger partial charge in [-0.3, -0.25) is 4.79 Å². The monoisotopic (exact) mass is 399 g/mol. The van der Waals surface area contributed by atoms with Gasteiger partial charge in [-0.25, -0.2) is 0 Å². The molecule has 1 heterocycles. The maximum absolute atomic E-state index is 12.0. The lowest BCUT2D eigenvalue weighted by Gasteiger charge is -2.15. The van der Waals surface area contributed by atoms with Crippen LogP contribution in [-0.2, 0) is 4.79 Å². The molecule has 0 aliphatic heterocycles. The summed E-state index contributed by atoms with van der Waals surface area (Å²) in [7, 11) is 1.62. The number of allylic oxidation sites excluding steroid dienone is 1. The van der Waals surface area contributed by atoms with Gasteiger partial charge in [0.05, 0.1) is 12.9 Å². The quantitative estimate of drug-likeness (QED) is 0.412. The van der Waals surface area contributed by atoms with Gasteiger partial charge in [-0.05, 0) is 48.7 Å². The number of carbonyl (C=O) groups is 1. The number of hydrogen-bond acceptors (Lipinski definition) is 3. The lowest BCUT2D eigenvalue weighted by atomic mass is 9.94. The molecular formula is C26H25NO3. The third-order valence-corrected chi connectivity index (χ3v) is 5.43. The van der Waals surface area contributed by atoms with Crippen LogP contribution in [0.3, 0.4) is 0 Å². The molecule has 0 saturated heterocycles. The second-order valence-corrected chi connectivity index (χ2v) is 7.31. The minimum absolute atomic E-state index is 0.144. The van der Waals surface area contributed by atoms with Crippen molar-refractivity contribution >= 4 is 33.2 Å². The second kappa shape index (κ2) is 8.07. The summed E-state index contributed by atoms with van der Waals surface area (Å²) in [4.78, 5) is 12.0. The van der Waals surface area contributed by atoms with Gasteiger partial charge < -0.3 is 14.5 Å². The molecule has 4 aromatic rings. The number of furan rings is 1. The maximum Gasteiger partial charge on any atom is 0.244 e. The number of fused-ring (bicyclic) bond motifs is 2. The standard InChI is InChI=1S/C26H25NO3/c1-5-29-25-17(3)26-22(14-21(25)16(2)13-24(28)27-4)23(15-30-26)20-12-8-10-18-9-6-7-11-19(18)20/h6-15H,5H2,1-4H3,(H,27,28)/b16-13+. The molecule has 4 nitrogen and oxygen atoms in total. The Labute approximate surface area is 176 Å². The van der Waals surface area contributed by atoms with E-state index in [4.69, 9.17) is 9.15 Å². The van der Waals surface area contributed by atoms with Gasteiger partial charge in [0.1, 0.15) is 11.3 Å². The summed E-state index contributed by atoms with van der Waals surface area (Å²) in [5, 5.41) is 6.01. The van der Waals surface area contributed by atoms with Crippen molar-refractivity contribution in [3.05, 3.63) is 72.0 Å². The van der Waals surface area contributed by atoms with Crippen molar-refractivity contribution in [3.63, 3.8) is 0 Å². The van der Waals surface area contributed by atoms with Crippen LogP contribution in [0.25, 0.3) is 38.4 Å². The molecule has 0 spiro atoms. The third kappa shape index (κ3) is 3.35. The van der Waals surface area contributed by atoms with Crippen LogP contribution in [0.5, 0.6) is 5.75 Å². The molecule has 0 radical (unpaired) electrons. The number of likely N-dealkylation sites (N-methyl/N-ethyl adjacent to an activating group) is 1. The van der Waals surface area contributed by atoms with Crippen molar-refractivity contribution in [2.24, 2.45) is 0 Å². The van der Waals surface area contributed by atoms with Crippen LogP contribution in [-0.4, -0.2) is 19.6 Å². The van der Waals surface area contributed by atoms with E-state index < -0.39 is 0 Å². The second-order valence-electron chi connectivity index (χ2n) is 7.31. The highest BCUT2D eigenvalue weighted by Crippen LogP contribution is 2.42. The first-order valence-electron chi connectivity index (χ1n) is 10.1. The van der Waals surface area contributed by atoms with Gasteiger partial charge >= 0.3 is 0 Å². The summed E-state index contributed by atoms with van der Waals surface area (Å²) in [6.07, 6.45) is 3.41. The largest absolute Gasteiger partial charge is 0.493 e. The number of nitrogens with one attached hydrogen (secondary N) is 1. The van der Waals surface area contributed by atoms with Crippen LogP contribution in [0, 0.1) is 6.92 Å². The highest BCUT2D eigenvalue weighted by Gasteiger charge is 2.19. The molecule has 0 bridgehead atoms. The normalized spacial score (nSPS) is 11.8. The number of ether oxygens (including phenoxy) is 1. The van der Waals surface area contributed by atoms with Gasteiger partial charge in [-0.2, -0.15) is 0 Å². The topological polar surface area (TPSA) is 51.5 Å². The smallest absolute Gasteiger partial charge is 0.244 e. The zero-order valence-electron chi connectivity index (χ0n) is 17.7. The average molecular weight is 399 g/mol. The van der Waals surface area contributed by atoms with E-state index in [0.717, 1.165) is 44.5 Å². The summed E-state index contributed by atoms with van der Waals surface area (Å²) >= 11 is 0. The molecule has 0 saturated carbocycles. The van der Waals surface area contributed by atoms with Crippen LogP contribution in [0.4, 0.5) is 0 Å². The highest BCUT2D eigenvalue weighted by atomic mass is 16.5. The molecule has 4 heteroatoms. The van der Waals surface area contributed by atoms with Gasteiger partial charge in [-0.1, -0.05) is 42.5 Å². The van der Waals surface area contributed by atoms with E-state index in [1.807, 2.05) is 39.2 Å². The van der Waals surface area contributed by atoms with Crippen LogP contribution >= 0.6 is 0 Å². The van der Waals surface area contributed by atoms with Crippen molar-refractivity contribution in [1.82, 2.24) is 5.32 Å². The van der Waals surface area contributed by atoms with Crippen molar-refractivity contribution in [2.45, 2.75) is 20.8 Å². The fourth-order valence-corrected chi connectivity index (χ4v) is 3.95. The van der Waals surface area contributed by atoms with E-state index in [-0.39, 0.29) is 5.91 Å². The average Bonchev–Trinajstić information content (AvgIpc) is 3.19. The van der Waals surface area contributed by atoms with E-state index in [1.165, 1.54) is 10.8 Å². The summed E-state index contributed by atoms with van der Waals surface area (Å²) < 4.78 is 12.0. The van der Waals surface area contributed by atoms with Crippen molar-refractivity contribution in [1.29, 1.82) is 0 Å². The summed E-state index contributed by atoms with van der Waals surface area (Å²) in [6.45, 7) is 6.41. The number of hydrogen-bond donors (Lipinski definition) is 1. The third-order valence-electron chi connectivity index (χ3n) is 5.43. The number of carbonyl (C=O) groups excluding carboxylic acids is 1. The van der Waals surface area contributed by atoms with Crippen LogP contribution in [0.1, 0.15) is 25.0 Å². The highest BCUT2D eigenvalue weighted by molar-refractivity contribution is 6.07. The number of rotatable bonds is 5. The Morgan fingerprint density at radius 1 is 1.10 bits per heavy atom. The zero-order valence-corrected chi connectivity index (χ0v) is 17.7. The maximum atomic E-state index is 12.0. The van der Waals surface area contributed by atoms with E-state index in [9.17, 15) is 4.79 Å². The molecule has 3 aromatic carbocycles. The molecule has 0 fully saturated rings. The molecule has 0 unspecified atom stereocenters. The summed E-state index contributed by atoms with van der Waals surface area (Å²) in [6, 6.07) is 16.7. The summed E-state index contributed by atoms with van der Waals surface area (Å²) in [5.74, 6) is 0.607. The lowest BCUT2D eigenvalue weighted by Crippen LogP contribution is -2.14. The predicted molar refractivity (Wildman–Crippen MR) is 123 cm³/mol. The Hall–Kier alpha value is -3.53. The van der Waals surface area contributed by atoms with Crippen LogP contribution in [0.15, 0.2) is 65.3 Å². The van der Waals surface area contributed by atoms with Crippen molar-refractivity contribution in [3.8, 4) is 16.9 Å². The number of amides is 1. The van der Waals surface area contributed by atoms with Crippen LogP contribution in [0.2, 0.25) is 0 Å². The lowest BCUT2D eigenvalue weighted by molar-refractivity contribution is -0.116. The molecule has 1 aromatic heterocycles. The molecule has 1 N–H and O–H groups in total. The first-order chi connectivity index (χ1) is 14.5. The minimum atomic E-state index is -0.144. The van der Waals surface area contributed by atoms with Gasteiger partial charge in [0.15, 0.2) is 0 Å². The van der Waals surface area contributed by atoms with E-state index >= 15 is 0 Å². The Morgan fingerprint density at radius 3 is 2.63 bits per heavy atom. The SMILES string of the molecule is CCOc1c(/C(C)=C/C(=O)NC)cc2c(-c3cccc4ccccc34)coc2c1C. The molecule has 152 valence electrons. The van der Waals surface area contributed by atoms with Crippen LogP contribution < -0.4 is 10.1 Å².